The summed E-state index contributed by atoms with van der Waals surface area (Å²) in [7, 11) is 1.67. The minimum absolute atomic E-state index is 0.0813. The number of aliphatic imine (C=N–C) groups is 1. The lowest BCUT2D eigenvalue weighted by atomic mass is 9.93. The number of likely N-dealkylation sites (N-methyl/N-ethyl adjacent to an activating group) is 1. The summed E-state index contributed by atoms with van der Waals surface area (Å²) < 4.78 is 18.8. The Morgan fingerprint density at radius 2 is 1.75 bits per heavy atom. The third-order valence-electron chi connectivity index (χ3n) is 7.56. The van der Waals surface area contributed by atoms with Crippen molar-refractivity contribution in [2.75, 3.05) is 33.2 Å². The molecule has 2 atom stereocenters. The molecule has 2 saturated heterocycles. The standard InChI is InChI=1S/C30H35ClFN5O3/c1-20(12-15-33)34-21(2)36-16-13-23(14-17-36)29(38)37-18-27(22-4-6-24(31)7-5-22)28(19-37)35(3)30(39)40-26-10-8-25(32)9-11-26/h4-12,15,23,27-28H,2,13-14,16-19,33H2,1,3H3/b15-12-,34-20?/t27-,28+/m0/s1. The highest BCUT2D eigenvalue weighted by Crippen LogP contribution is 2.34. The van der Waals surface area contributed by atoms with Crippen LogP contribution in [0.25, 0.3) is 0 Å². The van der Waals surface area contributed by atoms with Crippen LogP contribution in [0.15, 0.2) is 78.2 Å². The Morgan fingerprint density at radius 1 is 1.10 bits per heavy atom. The molecule has 2 fully saturated rings. The number of carbonyl (C=O) groups excluding carboxylic acids is 2. The molecule has 0 spiro atoms. The number of amides is 2. The normalized spacial score (nSPS) is 20.1. The number of carbonyl (C=O) groups is 2. The Balaban J connectivity index is 1.44. The van der Waals surface area contributed by atoms with E-state index in [1.807, 2.05) is 36.1 Å². The Hall–Kier alpha value is -3.85. The highest BCUT2D eigenvalue weighted by molar-refractivity contribution is 6.30. The summed E-state index contributed by atoms with van der Waals surface area (Å²) >= 11 is 6.12. The largest absolute Gasteiger partial charge is 0.415 e. The highest BCUT2D eigenvalue weighted by Gasteiger charge is 2.42. The summed E-state index contributed by atoms with van der Waals surface area (Å²) in [6.07, 6.45) is 3.96. The predicted molar refractivity (Wildman–Crippen MR) is 155 cm³/mol. The molecule has 2 heterocycles. The Kier molecular flexibility index (Phi) is 9.47. The van der Waals surface area contributed by atoms with Gasteiger partial charge in [-0.05, 0) is 74.0 Å². The molecule has 2 aromatic carbocycles. The summed E-state index contributed by atoms with van der Waals surface area (Å²) in [4.78, 5) is 36.7. The average molecular weight is 568 g/mol. The van der Waals surface area contributed by atoms with Crippen LogP contribution in [-0.4, -0.2) is 71.7 Å². The molecule has 0 saturated carbocycles. The fraction of sp³-hybridized carbons (Fsp3) is 0.367. The number of rotatable bonds is 7. The number of ether oxygens (including phenoxy) is 1. The minimum atomic E-state index is -0.572. The molecular formula is C30H35ClFN5O3. The summed E-state index contributed by atoms with van der Waals surface area (Å²) in [5.74, 6) is 0.324. The van der Waals surface area contributed by atoms with E-state index in [0.29, 0.717) is 49.9 Å². The van der Waals surface area contributed by atoms with Gasteiger partial charge < -0.3 is 25.2 Å². The van der Waals surface area contributed by atoms with E-state index in [-0.39, 0.29) is 29.5 Å². The number of nitrogens with zero attached hydrogens (tertiary/aromatic N) is 4. The Labute approximate surface area is 239 Å². The van der Waals surface area contributed by atoms with Gasteiger partial charge in [-0.2, -0.15) is 0 Å². The molecule has 0 unspecified atom stereocenters. The van der Waals surface area contributed by atoms with E-state index in [4.69, 9.17) is 22.1 Å². The second kappa shape index (κ2) is 13.0. The maximum Gasteiger partial charge on any atom is 0.415 e. The number of nitrogens with two attached hydrogens (primary N) is 1. The summed E-state index contributed by atoms with van der Waals surface area (Å²) in [5.41, 5.74) is 7.19. The summed E-state index contributed by atoms with van der Waals surface area (Å²) in [5, 5.41) is 0.613. The monoisotopic (exact) mass is 567 g/mol. The average Bonchev–Trinajstić information content (AvgIpc) is 3.39. The van der Waals surface area contributed by atoms with Crippen LogP contribution < -0.4 is 10.5 Å². The van der Waals surface area contributed by atoms with Gasteiger partial charge in [0.2, 0.25) is 5.91 Å². The van der Waals surface area contributed by atoms with Gasteiger partial charge in [0, 0.05) is 55.8 Å². The molecular weight excluding hydrogens is 533 g/mol. The van der Waals surface area contributed by atoms with Crippen molar-refractivity contribution in [1.29, 1.82) is 0 Å². The molecule has 4 rings (SSSR count). The van der Waals surface area contributed by atoms with Crippen molar-refractivity contribution >= 4 is 29.3 Å². The van der Waals surface area contributed by atoms with E-state index in [0.717, 1.165) is 11.3 Å². The maximum atomic E-state index is 13.7. The van der Waals surface area contributed by atoms with Gasteiger partial charge in [0.15, 0.2) is 0 Å². The molecule has 10 heteroatoms. The topological polar surface area (TPSA) is 91.5 Å². The molecule has 212 valence electrons. The zero-order chi connectivity index (χ0) is 28.8. The first-order valence-corrected chi connectivity index (χ1v) is 13.7. The summed E-state index contributed by atoms with van der Waals surface area (Å²) in [6.45, 7) is 8.14. The van der Waals surface area contributed by atoms with Crippen LogP contribution in [-0.2, 0) is 4.79 Å². The number of piperidine rings is 1. The highest BCUT2D eigenvalue weighted by atomic mass is 35.5. The number of likely N-dealkylation sites (tertiary alicyclic amines) is 2. The van der Waals surface area contributed by atoms with Crippen molar-refractivity contribution in [3.05, 3.63) is 89.6 Å². The Bertz CT molecular complexity index is 1270. The Morgan fingerprint density at radius 3 is 2.38 bits per heavy atom. The lowest BCUT2D eigenvalue weighted by molar-refractivity contribution is -0.136. The number of benzene rings is 2. The molecule has 0 radical (unpaired) electrons. The zero-order valence-electron chi connectivity index (χ0n) is 22.8. The molecule has 2 amide bonds. The van der Waals surface area contributed by atoms with Crippen molar-refractivity contribution in [2.45, 2.75) is 31.7 Å². The van der Waals surface area contributed by atoms with Crippen LogP contribution in [0.1, 0.15) is 31.2 Å². The molecule has 0 aliphatic carbocycles. The van der Waals surface area contributed by atoms with Crippen LogP contribution >= 0.6 is 11.6 Å². The third kappa shape index (κ3) is 7.01. The first-order chi connectivity index (χ1) is 19.2. The van der Waals surface area contributed by atoms with Gasteiger partial charge in [-0.3, -0.25) is 4.79 Å². The number of allylic oxidation sites excluding steroid dienone is 1. The van der Waals surface area contributed by atoms with Gasteiger partial charge in [-0.15, -0.1) is 0 Å². The van der Waals surface area contributed by atoms with E-state index >= 15 is 0 Å². The van der Waals surface area contributed by atoms with Crippen LogP contribution in [0, 0.1) is 11.7 Å². The maximum absolute atomic E-state index is 13.7. The quantitative estimate of drug-likeness (QED) is 0.474. The van der Waals surface area contributed by atoms with Crippen LogP contribution in [0.4, 0.5) is 9.18 Å². The van der Waals surface area contributed by atoms with Gasteiger partial charge >= 0.3 is 6.09 Å². The molecule has 2 aliphatic heterocycles. The molecule has 2 aliphatic rings. The van der Waals surface area contributed by atoms with Gasteiger partial charge in [-0.1, -0.05) is 30.3 Å². The van der Waals surface area contributed by atoms with E-state index in [2.05, 4.69) is 16.5 Å². The summed E-state index contributed by atoms with van der Waals surface area (Å²) in [6, 6.07) is 12.5. The number of halogens is 2. The zero-order valence-corrected chi connectivity index (χ0v) is 23.6. The molecule has 0 bridgehead atoms. The molecule has 2 aromatic rings. The lowest BCUT2D eigenvalue weighted by Crippen LogP contribution is -2.45. The molecule has 0 aromatic heterocycles. The number of hydrogen-bond acceptors (Lipinski definition) is 6. The smallest absolute Gasteiger partial charge is 0.410 e. The fourth-order valence-electron chi connectivity index (χ4n) is 5.30. The number of hydrogen-bond donors (Lipinski definition) is 1. The molecule has 40 heavy (non-hydrogen) atoms. The molecule has 2 N–H and O–H groups in total. The van der Waals surface area contributed by atoms with Crippen LogP contribution in [0.2, 0.25) is 5.02 Å². The van der Waals surface area contributed by atoms with E-state index in [1.165, 1.54) is 35.4 Å². The van der Waals surface area contributed by atoms with E-state index in [9.17, 15) is 14.0 Å². The minimum Gasteiger partial charge on any atom is -0.410 e. The lowest BCUT2D eigenvalue weighted by Gasteiger charge is -2.34. The van der Waals surface area contributed by atoms with Gasteiger partial charge in [0.1, 0.15) is 17.4 Å². The van der Waals surface area contributed by atoms with E-state index in [1.54, 1.807) is 13.1 Å². The van der Waals surface area contributed by atoms with E-state index < -0.39 is 11.9 Å². The first kappa shape index (κ1) is 29.1. The van der Waals surface area contributed by atoms with Crippen molar-refractivity contribution in [3.63, 3.8) is 0 Å². The molecule has 8 nitrogen and oxygen atoms in total. The van der Waals surface area contributed by atoms with Gasteiger partial charge in [0.05, 0.1) is 6.04 Å². The van der Waals surface area contributed by atoms with Crippen molar-refractivity contribution in [3.8, 4) is 5.75 Å². The van der Waals surface area contributed by atoms with Crippen molar-refractivity contribution in [1.82, 2.24) is 14.7 Å². The predicted octanol–water partition coefficient (Wildman–Crippen LogP) is 5.02. The van der Waals surface area contributed by atoms with Gasteiger partial charge in [-0.25, -0.2) is 14.2 Å². The third-order valence-corrected chi connectivity index (χ3v) is 7.81. The second-order valence-electron chi connectivity index (χ2n) is 10.2. The van der Waals surface area contributed by atoms with Crippen molar-refractivity contribution in [2.24, 2.45) is 16.6 Å². The van der Waals surface area contributed by atoms with Crippen LogP contribution in [0.5, 0.6) is 5.75 Å². The van der Waals surface area contributed by atoms with Crippen LogP contribution in [0.3, 0.4) is 0 Å². The fourth-order valence-corrected chi connectivity index (χ4v) is 5.43. The van der Waals surface area contributed by atoms with Crippen molar-refractivity contribution < 1.29 is 18.7 Å². The SMILES string of the molecule is C=C(N=C(C)/C=C\N)N1CCC(C(=O)N2C[C@@H](N(C)C(=O)Oc3ccc(F)cc3)[C@H](c3ccc(Cl)cc3)C2)CC1. The van der Waals surface area contributed by atoms with Gasteiger partial charge in [0.25, 0.3) is 0 Å². The first-order valence-electron chi connectivity index (χ1n) is 13.3. The second-order valence-corrected chi connectivity index (χ2v) is 10.6.